The van der Waals surface area contributed by atoms with Crippen LogP contribution in [0.1, 0.15) is 17.4 Å². The van der Waals surface area contributed by atoms with E-state index in [9.17, 15) is 4.79 Å². The number of hydrogen-bond acceptors (Lipinski definition) is 5. The van der Waals surface area contributed by atoms with Gasteiger partial charge >= 0.3 is 0 Å². The van der Waals surface area contributed by atoms with Crippen molar-refractivity contribution >= 4 is 22.4 Å². The molecular weight excluding hydrogens is 324 g/mol. The Kier molecular flexibility index (Phi) is 4.61. The molecule has 0 radical (unpaired) electrons. The fraction of sp³-hybridized carbons (Fsp3) is 0.235. The number of rotatable bonds is 5. The molecule has 1 N–H and O–H groups in total. The molecule has 2 aromatic heterocycles. The van der Waals surface area contributed by atoms with Crippen molar-refractivity contribution in [1.29, 1.82) is 0 Å². The number of amides is 1. The topological polar surface area (TPSA) is 69.0 Å². The first-order valence-corrected chi connectivity index (χ1v) is 8.36. The minimum Gasteiger partial charge on any atom is -0.463 e. The number of carbonyl (C=O) groups excluding carboxylic acids is 1. The summed E-state index contributed by atoms with van der Waals surface area (Å²) in [6.07, 6.45) is 2.92. The number of nitrogens with zero attached hydrogens (tertiary/aromatic N) is 3. The fourth-order valence-electron chi connectivity index (χ4n) is 2.11. The Morgan fingerprint density at radius 1 is 1.29 bits per heavy atom. The highest BCUT2D eigenvalue weighted by Crippen LogP contribution is 2.20. The number of ether oxygens (including phenoxy) is 1. The minimum absolute atomic E-state index is 0.252. The van der Waals surface area contributed by atoms with Crippen LogP contribution in [0.2, 0.25) is 0 Å². The summed E-state index contributed by atoms with van der Waals surface area (Å²) in [5, 5.41) is 7.73. The van der Waals surface area contributed by atoms with E-state index in [-0.39, 0.29) is 5.91 Å². The van der Waals surface area contributed by atoms with Gasteiger partial charge in [-0.2, -0.15) is 0 Å². The molecule has 3 aromatic rings. The van der Waals surface area contributed by atoms with Gasteiger partial charge in [-0.3, -0.25) is 10.1 Å². The highest BCUT2D eigenvalue weighted by atomic mass is 32.1. The maximum atomic E-state index is 12.2. The monoisotopic (exact) mass is 342 g/mol. The molecule has 0 aliphatic heterocycles. The quantitative estimate of drug-likeness (QED) is 0.772. The predicted octanol–water partition coefficient (Wildman–Crippen LogP) is 3.35. The number of hydrogen-bond donors (Lipinski definition) is 1. The van der Waals surface area contributed by atoms with Crippen LogP contribution in [-0.2, 0) is 4.79 Å². The molecule has 24 heavy (non-hydrogen) atoms. The molecule has 1 amide bonds. The van der Waals surface area contributed by atoms with Crippen molar-refractivity contribution in [2.75, 3.05) is 5.32 Å². The van der Waals surface area contributed by atoms with Gasteiger partial charge in [0.05, 0.1) is 5.69 Å². The molecule has 3 rings (SSSR count). The Morgan fingerprint density at radius 3 is 2.71 bits per heavy atom. The third-order valence-corrected chi connectivity index (χ3v) is 4.21. The van der Waals surface area contributed by atoms with Crippen LogP contribution >= 0.6 is 11.3 Å². The van der Waals surface area contributed by atoms with Crippen LogP contribution in [0.25, 0.3) is 5.69 Å². The van der Waals surface area contributed by atoms with Gasteiger partial charge in [0.25, 0.3) is 5.91 Å². The Balaban J connectivity index is 1.69. The fourth-order valence-corrected chi connectivity index (χ4v) is 2.78. The van der Waals surface area contributed by atoms with E-state index in [0.29, 0.717) is 11.0 Å². The predicted molar refractivity (Wildman–Crippen MR) is 93.9 cm³/mol. The van der Waals surface area contributed by atoms with E-state index in [2.05, 4.69) is 15.4 Å². The van der Waals surface area contributed by atoms with Crippen molar-refractivity contribution in [3.8, 4) is 11.6 Å². The van der Waals surface area contributed by atoms with Gasteiger partial charge in [-0.25, -0.2) is 9.67 Å². The lowest BCUT2D eigenvalue weighted by Crippen LogP contribution is -2.30. The lowest BCUT2D eigenvalue weighted by molar-refractivity contribution is -0.122. The van der Waals surface area contributed by atoms with E-state index >= 15 is 0 Å². The second-order valence-corrected chi connectivity index (χ2v) is 6.66. The first-order valence-electron chi connectivity index (χ1n) is 7.54. The number of benzene rings is 1. The number of nitrogens with one attached hydrogen (secondary N) is 1. The van der Waals surface area contributed by atoms with Gasteiger partial charge in [-0.05, 0) is 32.9 Å². The van der Waals surface area contributed by atoms with Gasteiger partial charge in [0.2, 0.25) is 5.88 Å². The van der Waals surface area contributed by atoms with E-state index in [1.165, 1.54) is 11.3 Å². The summed E-state index contributed by atoms with van der Waals surface area (Å²) < 4.78 is 7.46. The van der Waals surface area contributed by atoms with Gasteiger partial charge in [-0.15, -0.1) is 16.4 Å². The van der Waals surface area contributed by atoms with Crippen molar-refractivity contribution in [1.82, 2.24) is 14.8 Å². The SMILES string of the molecule is Cc1cnc(NC(=O)[C@H](C)Oc2nn(-c3ccccc3)cc2C)s1. The number of thiazole rings is 1. The van der Waals surface area contributed by atoms with Crippen molar-refractivity contribution in [2.45, 2.75) is 26.9 Å². The third kappa shape index (κ3) is 3.62. The third-order valence-electron chi connectivity index (χ3n) is 3.38. The smallest absolute Gasteiger partial charge is 0.266 e. The summed E-state index contributed by atoms with van der Waals surface area (Å²) in [5.41, 5.74) is 1.80. The molecule has 7 heteroatoms. The molecule has 0 saturated carbocycles. The number of anilines is 1. The largest absolute Gasteiger partial charge is 0.463 e. The van der Waals surface area contributed by atoms with Gasteiger partial charge in [0, 0.05) is 22.8 Å². The van der Waals surface area contributed by atoms with Crippen LogP contribution < -0.4 is 10.1 Å². The maximum Gasteiger partial charge on any atom is 0.266 e. The van der Waals surface area contributed by atoms with Crippen molar-refractivity contribution in [3.05, 3.63) is 53.2 Å². The lowest BCUT2D eigenvalue weighted by Gasteiger charge is -2.12. The highest BCUT2D eigenvalue weighted by molar-refractivity contribution is 7.15. The molecule has 2 heterocycles. The average Bonchev–Trinajstić information content (AvgIpc) is 3.14. The van der Waals surface area contributed by atoms with E-state index in [0.717, 1.165) is 16.1 Å². The average molecular weight is 342 g/mol. The zero-order chi connectivity index (χ0) is 17.1. The summed E-state index contributed by atoms with van der Waals surface area (Å²) in [6, 6.07) is 9.75. The molecular formula is C17H18N4O2S. The summed E-state index contributed by atoms with van der Waals surface area (Å²) >= 11 is 1.43. The molecule has 0 aliphatic rings. The van der Waals surface area contributed by atoms with E-state index in [1.54, 1.807) is 17.8 Å². The standard InChI is InChI=1S/C17H18N4O2S/c1-11-10-21(14-7-5-4-6-8-14)20-16(11)23-13(3)15(22)19-17-18-9-12(2)24-17/h4-10,13H,1-3H3,(H,18,19,22)/t13-/m0/s1. The van der Waals surface area contributed by atoms with E-state index in [1.807, 2.05) is 50.4 Å². The van der Waals surface area contributed by atoms with Crippen LogP contribution in [0.3, 0.4) is 0 Å². The van der Waals surface area contributed by atoms with Crippen LogP contribution in [0, 0.1) is 13.8 Å². The molecule has 6 nitrogen and oxygen atoms in total. The molecule has 0 fully saturated rings. The molecule has 0 aliphatic carbocycles. The molecule has 124 valence electrons. The van der Waals surface area contributed by atoms with Crippen LogP contribution in [0.15, 0.2) is 42.7 Å². The normalized spacial score (nSPS) is 12.0. The number of carbonyl (C=O) groups is 1. The first-order chi connectivity index (χ1) is 11.5. The minimum atomic E-state index is -0.674. The lowest BCUT2D eigenvalue weighted by atomic mass is 10.3. The number of para-hydroxylation sites is 1. The van der Waals surface area contributed by atoms with Crippen LogP contribution in [0.4, 0.5) is 5.13 Å². The molecule has 0 unspecified atom stereocenters. The number of aryl methyl sites for hydroxylation is 2. The summed E-state index contributed by atoms with van der Waals surface area (Å²) in [6.45, 7) is 5.53. The molecule has 1 aromatic carbocycles. The van der Waals surface area contributed by atoms with Gasteiger partial charge in [0.15, 0.2) is 11.2 Å². The molecule has 0 bridgehead atoms. The van der Waals surface area contributed by atoms with E-state index in [4.69, 9.17) is 4.74 Å². The second-order valence-electron chi connectivity index (χ2n) is 5.42. The van der Waals surface area contributed by atoms with E-state index < -0.39 is 6.10 Å². The maximum absolute atomic E-state index is 12.2. The van der Waals surface area contributed by atoms with Gasteiger partial charge in [-0.1, -0.05) is 18.2 Å². The van der Waals surface area contributed by atoms with Crippen molar-refractivity contribution in [3.63, 3.8) is 0 Å². The van der Waals surface area contributed by atoms with Gasteiger partial charge < -0.3 is 4.74 Å². The molecule has 0 spiro atoms. The highest BCUT2D eigenvalue weighted by Gasteiger charge is 2.19. The van der Waals surface area contributed by atoms with Crippen LogP contribution in [-0.4, -0.2) is 26.8 Å². The summed E-state index contributed by atoms with van der Waals surface area (Å²) in [5.74, 6) is 0.190. The zero-order valence-electron chi connectivity index (χ0n) is 13.7. The summed E-state index contributed by atoms with van der Waals surface area (Å²) in [4.78, 5) is 17.4. The van der Waals surface area contributed by atoms with Crippen LogP contribution in [0.5, 0.6) is 5.88 Å². The second kappa shape index (κ2) is 6.84. The van der Waals surface area contributed by atoms with Crippen molar-refractivity contribution < 1.29 is 9.53 Å². The Labute approximate surface area is 144 Å². The Morgan fingerprint density at radius 2 is 2.04 bits per heavy atom. The van der Waals surface area contributed by atoms with Crippen molar-refractivity contribution in [2.24, 2.45) is 0 Å². The Hall–Kier alpha value is -2.67. The number of aromatic nitrogens is 3. The Bertz CT molecular complexity index is 841. The zero-order valence-corrected chi connectivity index (χ0v) is 14.5. The molecule has 1 atom stereocenters. The van der Waals surface area contributed by atoms with Gasteiger partial charge in [0.1, 0.15) is 0 Å². The summed E-state index contributed by atoms with van der Waals surface area (Å²) in [7, 11) is 0. The molecule has 0 saturated heterocycles. The first kappa shape index (κ1) is 16.2.